The summed E-state index contributed by atoms with van der Waals surface area (Å²) in [7, 11) is 0. The van der Waals surface area contributed by atoms with Crippen LogP contribution in [0.1, 0.15) is 32.6 Å². The summed E-state index contributed by atoms with van der Waals surface area (Å²) in [6.07, 6.45) is 5.15. The van der Waals surface area contributed by atoms with E-state index in [0.717, 1.165) is 32.1 Å². The molecule has 1 amide bonds. The quantitative estimate of drug-likeness (QED) is 0.754. The zero-order valence-corrected chi connectivity index (χ0v) is 10.8. The van der Waals surface area contributed by atoms with E-state index in [1.165, 1.54) is 25.7 Å². The molecule has 0 radical (unpaired) electrons. The van der Waals surface area contributed by atoms with Crippen molar-refractivity contribution in [2.75, 3.05) is 26.2 Å². The Balaban J connectivity index is 1.89. The first-order chi connectivity index (χ1) is 8.18. The Labute approximate surface area is 104 Å². The van der Waals surface area contributed by atoms with Crippen LogP contribution < -0.4 is 11.1 Å². The number of rotatable bonds is 4. The fourth-order valence-electron chi connectivity index (χ4n) is 3.28. The van der Waals surface area contributed by atoms with Crippen LogP contribution >= 0.6 is 0 Å². The fraction of sp³-hybridized carbons (Fsp3) is 0.923. The zero-order chi connectivity index (χ0) is 12.3. The summed E-state index contributed by atoms with van der Waals surface area (Å²) in [5.74, 6) is 0.636. The SMILES string of the molecule is CC(CN1CCCC1C1CCNCC1)C(N)=O. The number of nitrogens with one attached hydrogen (secondary N) is 1. The van der Waals surface area contributed by atoms with Crippen molar-refractivity contribution in [1.29, 1.82) is 0 Å². The van der Waals surface area contributed by atoms with E-state index in [0.29, 0.717) is 6.04 Å². The smallest absolute Gasteiger partial charge is 0.221 e. The Kier molecular flexibility index (Phi) is 4.40. The van der Waals surface area contributed by atoms with Gasteiger partial charge in [-0.15, -0.1) is 0 Å². The number of piperidine rings is 1. The number of likely N-dealkylation sites (tertiary alicyclic amines) is 1. The maximum absolute atomic E-state index is 11.2. The first-order valence-electron chi connectivity index (χ1n) is 6.92. The number of carbonyl (C=O) groups is 1. The first kappa shape index (κ1) is 12.8. The molecule has 0 aromatic rings. The average molecular weight is 239 g/mol. The van der Waals surface area contributed by atoms with Gasteiger partial charge in [-0.05, 0) is 51.2 Å². The van der Waals surface area contributed by atoms with Crippen LogP contribution in [-0.4, -0.2) is 43.0 Å². The number of primary amides is 1. The van der Waals surface area contributed by atoms with Crippen molar-refractivity contribution in [3.05, 3.63) is 0 Å². The van der Waals surface area contributed by atoms with E-state index in [9.17, 15) is 4.79 Å². The van der Waals surface area contributed by atoms with Gasteiger partial charge >= 0.3 is 0 Å². The molecule has 2 fully saturated rings. The summed E-state index contributed by atoms with van der Waals surface area (Å²) >= 11 is 0. The van der Waals surface area contributed by atoms with Gasteiger partial charge in [0.25, 0.3) is 0 Å². The Morgan fingerprint density at radius 3 is 2.76 bits per heavy atom. The van der Waals surface area contributed by atoms with Crippen LogP contribution in [0.2, 0.25) is 0 Å². The minimum absolute atomic E-state index is 0.0164. The number of hydrogen-bond donors (Lipinski definition) is 2. The predicted octanol–water partition coefficient (Wildman–Crippen LogP) is 0.572. The van der Waals surface area contributed by atoms with E-state index in [-0.39, 0.29) is 11.8 Å². The van der Waals surface area contributed by atoms with Crippen molar-refractivity contribution in [1.82, 2.24) is 10.2 Å². The van der Waals surface area contributed by atoms with Crippen molar-refractivity contribution in [2.45, 2.75) is 38.6 Å². The Hall–Kier alpha value is -0.610. The minimum atomic E-state index is -0.166. The Morgan fingerprint density at radius 1 is 1.41 bits per heavy atom. The van der Waals surface area contributed by atoms with Gasteiger partial charge < -0.3 is 11.1 Å². The second kappa shape index (κ2) is 5.83. The van der Waals surface area contributed by atoms with Gasteiger partial charge in [0.1, 0.15) is 0 Å². The summed E-state index contributed by atoms with van der Waals surface area (Å²) in [6, 6.07) is 0.693. The predicted molar refractivity (Wildman–Crippen MR) is 68.5 cm³/mol. The van der Waals surface area contributed by atoms with E-state index in [1.54, 1.807) is 0 Å². The van der Waals surface area contributed by atoms with Crippen molar-refractivity contribution in [2.24, 2.45) is 17.6 Å². The molecular weight excluding hydrogens is 214 g/mol. The summed E-state index contributed by atoms with van der Waals surface area (Å²) in [6.45, 7) is 6.25. The standard InChI is InChI=1S/C13H25N3O/c1-10(13(14)17)9-16-8-2-3-12(16)11-4-6-15-7-5-11/h10-12,15H,2-9H2,1H3,(H2,14,17). The summed E-state index contributed by atoms with van der Waals surface area (Å²) in [5, 5.41) is 3.42. The number of amides is 1. The zero-order valence-electron chi connectivity index (χ0n) is 10.8. The minimum Gasteiger partial charge on any atom is -0.369 e. The lowest BCUT2D eigenvalue weighted by atomic mass is 9.88. The molecule has 0 aromatic heterocycles. The van der Waals surface area contributed by atoms with Crippen LogP contribution in [0.4, 0.5) is 0 Å². The third kappa shape index (κ3) is 3.19. The van der Waals surface area contributed by atoms with E-state index < -0.39 is 0 Å². The lowest BCUT2D eigenvalue weighted by Crippen LogP contribution is -2.44. The molecule has 3 N–H and O–H groups in total. The molecule has 0 aromatic carbocycles. The maximum Gasteiger partial charge on any atom is 0.221 e. The van der Waals surface area contributed by atoms with Gasteiger partial charge in [0.2, 0.25) is 5.91 Å². The van der Waals surface area contributed by atoms with Gasteiger partial charge in [-0.3, -0.25) is 9.69 Å². The summed E-state index contributed by atoms with van der Waals surface area (Å²) < 4.78 is 0. The number of carbonyl (C=O) groups excluding carboxylic acids is 1. The number of hydrogen-bond acceptors (Lipinski definition) is 3. The highest BCUT2D eigenvalue weighted by Crippen LogP contribution is 2.29. The maximum atomic E-state index is 11.2. The molecule has 98 valence electrons. The topological polar surface area (TPSA) is 58.4 Å². The molecule has 2 unspecified atom stereocenters. The molecule has 0 saturated carbocycles. The van der Waals surface area contributed by atoms with Crippen LogP contribution in [0.25, 0.3) is 0 Å². The van der Waals surface area contributed by atoms with Crippen molar-refractivity contribution in [3.63, 3.8) is 0 Å². The molecule has 2 rings (SSSR count). The average Bonchev–Trinajstić information content (AvgIpc) is 2.78. The molecule has 4 heteroatoms. The fourth-order valence-corrected chi connectivity index (χ4v) is 3.28. The molecule has 2 atom stereocenters. The Morgan fingerprint density at radius 2 is 2.12 bits per heavy atom. The summed E-state index contributed by atoms with van der Waals surface area (Å²) in [5.41, 5.74) is 5.36. The third-order valence-corrected chi connectivity index (χ3v) is 4.34. The molecule has 2 heterocycles. The van der Waals surface area contributed by atoms with Crippen molar-refractivity contribution in [3.8, 4) is 0 Å². The molecule has 2 aliphatic heterocycles. The lowest BCUT2D eigenvalue weighted by Gasteiger charge is -2.35. The van der Waals surface area contributed by atoms with Crippen LogP contribution in [0.3, 0.4) is 0 Å². The lowest BCUT2D eigenvalue weighted by molar-refractivity contribution is -0.122. The number of nitrogens with zero attached hydrogens (tertiary/aromatic N) is 1. The third-order valence-electron chi connectivity index (χ3n) is 4.34. The monoisotopic (exact) mass is 239 g/mol. The summed E-state index contributed by atoms with van der Waals surface area (Å²) in [4.78, 5) is 13.7. The van der Waals surface area contributed by atoms with E-state index in [4.69, 9.17) is 5.73 Å². The van der Waals surface area contributed by atoms with Gasteiger partial charge in [-0.25, -0.2) is 0 Å². The van der Waals surface area contributed by atoms with Crippen molar-refractivity contribution >= 4 is 5.91 Å². The van der Waals surface area contributed by atoms with E-state index in [1.807, 2.05) is 6.92 Å². The van der Waals surface area contributed by atoms with Gasteiger partial charge in [0.05, 0.1) is 0 Å². The Bertz CT molecular complexity index is 263. The molecule has 0 spiro atoms. The van der Waals surface area contributed by atoms with Gasteiger partial charge in [0, 0.05) is 18.5 Å². The first-order valence-corrected chi connectivity index (χ1v) is 6.92. The second-order valence-corrected chi connectivity index (χ2v) is 5.60. The normalized spacial score (nSPS) is 29.4. The van der Waals surface area contributed by atoms with Gasteiger partial charge in [-0.2, -0.15) is 0 Å². The van der Waals surface area contributed by atoms with Crippen molar-refractivity contribution < 1.29 is 4.79 Å². The van der Waals surface area contributed by atoms with Crippen LogP contribution in [0, 0.1) is 11.8 Å². The van der Waals surface area contributed by atoms with Gasteiger partial charge in [-0.1, -0.05) is 6.92 Å². The van der Waals surface area contributed by atoms with Crippen LogP contribution in [0.5, 0.6) is 0 Å². The van der Waals surface area contributed by atoms with Crippen LogP contribution in [-0.2, 0) is 4.79 Å². The second-order valence-electron chi connectivity index (χ2n) is 5.60. The van der Waals surface area contributed by atoms with Gasteiger partial charge in [0.15, 0.2) is 0 Å². The molecule has 2 aliphatic rings. The molecule has 4 nitrogen and oxygen atoms in total. The highest BCUT2D eigenvalue weighted by atomic mass is 16.1. The number of nitrogens with two attached hydrogens (primary N) is 1. The molecule has 0 aliphatic carbocycles. The molecule has 0 bridgehead atoms. The largest absolute Gasteiger partial charge is 0.369 e. The molecule has 2 saturated heterocycles. The van der Waals surface area contributed by atoms with E-state index >= 15 is 0 Å². The highest BCUT2D eigenvalue weighted by Gasteiger charge is 2.33. The van der Waals surface area contributed by atoms with Crippen LogP contribution in [0.15, 0.2) is 0 Å². The van der Waals surface area contributed by atoms with E-state index in [2.05, 4.69) is 10.2 Å². The molecular formula is C13H25N3O. The highest BCUT2D eigenvalue weighted by molar-refractivity contribution is 5.76. The molecule has 17 heavy (non-hydrogen) atoms.